The molecule has 192 valence electrons. The zero-order chi connectivity index (χ0) is 25.4. The van der Waals surface area contributed by atoms with Gasteiger partial charge in [0.15, 0.2) is 5.65 Å². The van der Waals surface area contributed by atoms with Crippen molar-refractivity contribution in [2.75, 3.05) is 19.6 Å². The van der Waals surface area contributed by atoms with Gasteiger partial charge >= 0.3 is 0 Å². The molecule has 0 spiro atoms. The molecule has 8 nitrogen and oxygen atoms in total. The molecule has 1 saturated heterocycles. The van der Waals surface area contributed by atoms with E-state index in [1.54, 1.807) is 6.20 Å². The number of carbonyl (C=O) groups excluding carboxylic acids is 1. The highest BCUT2D eigenvalue weighted by Gasteiger charge is 2.31. The summed E-state index contributed by atoms with van der Waals surface area (Å²) in [5.41, 5.74) is 2.66. The van der Waals surface area contributed by atoms with E-state index in [-0.39, 0.29) is 11.8 Å². The summed E-state index contributed by atoms with van der Waals surface area (Å²) in [4.78, 5) is 29.3. The third-order valence-corrected chi connectivity index (χ3v) is 8.57. The molecule has 0 radical (unpaired) electrons. The third-order valence-electron chi connectivity index (χ3n) is 7.98. The van der Waals surface area contributed by atoms with Crippen molar-refractivity contribution < 1.29 is 4.79 Å². The van der Waals surface area contributed by atoms with Gasteiger partial charge in [-0.05, 0) is 98.2 Å². The second-order valence-corrected chi connectivity index (χ2v) is 11.3. The number of fused-ring (bicyclic) bond motifs is 2. The number of likely N-dealkylation sites (tertiary alicyclic amines) is 1. The highest BCUT2D eigenvalue weighted by Crippen LogP contribution is 2.33. The topological polar surface area (TPSA) is 88.8 Å². The van der Waals surface area contributed by atoms with Crippen molar-refractivity contribution in [3.8, 4) is 5.69 Å². The lowest BCUT2D eigenvalue weighted by Gasteiger charge is -2.24. The van der Waals surface area contributed by atoms with Gasteiger partial charge in [0.25, 0.3) is 0 Å². The molecule has 1 aliphatic carbocycles. The molecule has 37 heavy (non-hydrogen) atoms. The first kappa shape index (κ1) is 24.4. The second-order valence-electron chi connectivity index (χ2n) is 10.5. The molecular formula is C28H32BrN7O. The molecule has 3 atom stereocenters. The van der Waals surface area contributed by atoms with E-state index in [2.05, 4.69) is 49.1 Å². The fraction of sp³-hybridized carbons (Fsp3) is 0.464. The maximum absolute atomic E-state index is 12.9. The van der Waals surface area contributed by atoms with E-state index in [0.29, 0.717) is 12.0 Å². The van der Waals surface area contributed by atoms with Gasteiger partial charge < -0.3 is 5.32 Å². The van der Waals surface area contributed by atoms with Crippen molar-refractivity contribution in [3.05, 3.63) is 53.2 Å². The lowest BCUT2D eigenvalue weighted by Crippen LogP contribution is -2.42. The molecule has 6 rings (SSSR count). The minimum Gasteiger partial charge on any atom is -0.354 e. The van der Waals surface area contributed by atoms with E-state index < -0.39 is 0 Å². The van der Waals surface area contributed by atoms with Crippen LogP contribution in [0.5, 0.6) is 0 Å². The van der Waals surface area contributed by atoms with Gasteiger partial charge in [0.2, 0.25) is 5.91 Å². The maximum atomic E-state index is 12.9. The number of amides is 1. The number of hydrogen-bond donors (Lipinski definition) is 1. The quantitative estimate of drug-likeness (QED) is 0.352. The Labute approximate surface area is 225 Å². The van der Waals surface area contributed by atoms with Gasteiger partial charge in [-0.1, -0.05) is 6.07 Å². The Balaban J connectivity index is 1.13. The molecule has 4 heterocycles. The van der Waals surface area contributed by atoms with Gasteiger partial charge in [-0.2, -0.15) is 5.10 Å². The van der Waals surface area contributed by atoms with Crippen LogP contribution in [0.1, 0.15) is 44.9 Å². The molecule has 9 heteroatoms. The summed E-state index contributed by atoms with van der Waals surface area (Å²) in [6.45, 7) is 5.26. The normalized spacial score (nSPS) is 21.1. The van der Waals surface area contributed by atoms with E-state index >= 15 is 0 Å². The molecule has 2 fully saturated rings. The summed E-state index contributed by atoms with van der Waals surface area (Å²) in [6, 6.07) is 10.5. The maximum Gasteiger partial charge on any atom is 0.223 e. The monoisotopic (exact) mass is 561 g/mol. The van der Waals surface area contributed by atoms with E-state index in [1.165, 1.54) is 12.8 Å². The molecule has 1 N–H and O–H groups in total. The Bertz CT molecular complexity index is 1430. The number of rotatable bonds is 7. The first-order valence-corrected chi connectivity index (χ1v) is 14.1. The minimum atomic E-state index is 0.0883. The van der Waals surface area contributed by atoms with Gasteiger partial charge in [-0.25, -0.2) is 14.6 Å². The highest BCUT2D eigenvalue weighted by molar-refractivity contribution is 9.10. The van der Waals surface area contributed by atoms with E-state index in [9.17, 15) is 4.79 Å². The standard InChI is InChI=1S/C28H32BrN7O/c1-18(35-11-2-3-12-35)16-32-28(37)21-7-6-19(13-21)14-25-31-17-23-26(29)34-36(27(23)33-25)22-8-9-24-20(15-22)5-4-10-30-24/h4-5,8-10,15,17-19,21H,2-3,6-7,11-14,16H2,1H3,(H,32,37)/t18?,19-,21-/m1/s1. The predicted molar refractivity (Wildman–Crippen MR) is 147 cm³/mol. The van der Waals surface area contributed by atoms with Gasteiger partial charge in [0, 0.05) is 42.7 Å². The molecule has 2 aliphatic rings. The molecular weight excluding hydrogens is 530 g/mol. The van der Waals surface area contributed by atoms with Crippen LogP contribution in [-0.4, -0.2) is 61.2 Å². The summed E-state index contributed by atoms with van der Waals surface area (Å²) in [6.07, 6.45) is 9.83. The summed E-state index contributed by atoms with van der Waals surface area (Å²) in [5, 5.41) is 9.85. The lowest BCUT2D eigenvalue weighted by atomic mass is 10.0. The van der Waals surface area contributed by atoms with E-state index in [1.807, 2.05) is 35.1 Å². The Morgan fingerprint density at radius 1 is 1.19 bits per heavy atom. The smallest absolute Gasteiger partial charge is 0.223 e. The number of hydrogen-bond acceptors (Lipinski definition) is 6. The number of nitrogens with zero attached hydrogens (tertiary/aromatic N) is 6. The van der Waals surface area contributed by atoms with Crippen LogP contribution in [0.4, 0.5) is 0 Å². The van der Waals surface area contributed by atoms with E-state index in [0.717, 1.165) is 83.4 Å². The summed E-state index contributed by atoms with van der Waals surface area (Å²) < 4.78 is 2.59. The van der Waals surface area contributed by atoms with Crippen molar-refractivity contribution in [2.45, 2.75) is 51.5 Å². The Morgan fingerprint density at radius 3 is 2.92 bits per heavy atom. The van der Waals surface area contributed by atoms with Crippen molar-refractivity contribution in [1.29, 1.82) is 0 Å². The van der Waals surface area contributed by atoms with Crippen molar-refractivity contribution in [3.63, 3.8) is 0 Å². The molecule has 1 unspecified atom stereocenters. The van der Waals surface area contributed by atoms with Crippen LogP contribution in [0.3, 0.4) is 0 Å². The van der Waals surface area contributed by atoms with Crippen LogP contribution < -0.4 is 5.32 Å². The van der Waals surface area contributed by atoms with Gasteiger partial charge in [0.1, 0.15) is 10.4 Å². The van der Waals surface area contributed by atoms with Gasteiger partial charge in [0.05, 0.1) is 16.6 Å². The Morgan fingerprint density at radius 2 is 2.05 bits per heavy atom. The first-order chi connectivity index (χ1) is 18.0. The molecule has 4 aromatic rings. The first-order valence-electron chi connectivity index (χ1n) is 13.3. The number of aromatic nitrogens is 5. The number of benzene rings is 1. The van der Waals surface area contributed by atoms with Gasteiger partial charge in [-0.15, -0.1) is 0 Å². The van der Waals surface area contributed by atoms with Crippen LogP contribution >= 0.6 is 15.9 Å². The van der Waals surface area contributed by atoms with Crippen LogP contribution in [0.15, 0.2) is 47.3 Å². The summed E-state index contributed by atoms with van der Waals surface area (Å²) >= 11 is 3.58. The number of halogens is 1. The summed E-state index contributed by atoms with van der Waals surface area (Å²) in [5.74, 6) is 1.51. The average Bonchev–Trinajstić information content (AvgIpc) is 3.68. The number of pyridine rings is 1. The Hall–Kier alpha value is -2.91. The van der Waals surface area contributed by atoms with Crippen LogP contribution in [-0.2, 0) is 11.2 Å². The lowest BCUT2D eigenvalue weighted by molar-refractivity contribution is -0.125. The number of carbonyl (C=O) groups is 1. The Kier molecular flexibility index (Phi) is 6.90. The zero-order valence-corrected chi connectivity index (χ0v) is 22.7. The summed E-state index contributed by atoms with van der Waals surface area (Å²) in [7, 11) is 0. The second kappa shape index (κ2) is 10.5. The molecule has 3 aromatic heterocycles. The van der Waals surface area contributed by atoms with Crippen molar-refractivity contribution in [2.24, 2.45) is 11.8 Å². The van der Waals surface area contributed by atoms with E-state index in [4.69, 9.17) is 10.1 Å². The van der Waals surface area contributed by atoms with Crippen molar-refractivity contribution >= 4 is 43.8 Å². The van der Waals surface area contributed by atoms with Crippen LogP contribution in [0.2, 0.25) is 0 Å². The minimum absolute atomic E-state index is 0.0883. The molecule has 1 aliphatic heterocycles. The molecule has 1 amide bonds. The zero-order valence-electron chi connectivity index (χ0n) is 21.1. The fourth-order valence-electron chi connectivity index (χ4n) is 5.84. The SMILES string of the molecule is CC(CNC(=O)[C@@H]1CC[C@@H](Cc2ncc3c(Br)nn(-c4ccc5ncccc5c4)c3n2)C1)N1CCCC1. The number of nitrogens with one attached hydrogen (secondary N) is 1. The molecule has 1 aromatic carbocycles. The molecule has 0 bridgehead atoms. The van der Waals surface area contributed by atoms with Crippen molar-refractivity contribution in [1.82, 2.24) is 34.9 Å². The van der Waals surface area contributed by atoms with Crippen LogP contribution in [0, 0.1) is 11.8 Å². The third kappa shape index (κ3) is 5.11. The molecule has 1 saturated carbocycles. The van der Waals surface area contributed by atoms with Crippen LogP contribution in [0.25, 0.3) is 27.6 Å². The van der Waals surface area contributed by atoms with Gasteiger partial charge in [-0.3, -0.25) is 14.7 Å². The highest BCUT2D eigenvalue weighted by atomic mass is 79.9. The fourth-order valence-corrected chi connectivity index (χ4v) is 6.28. The predicted octanol–water partition coefficient (Wildman–Crippen LogP) is 4.69. The largest absolute Gasteiger partial charge is 0.354 e. The average molecular weight is 563 g/mol.